The molecule has 5 heterocycles. The summed E-state index contributed by atoms with van der Waals surface area (Å²) in [6, 6.07) is 11.8. The average Bonchev–Trinajstić information content (AvgIpc) is 3.59. The first-order valence-corrected chi connectivity index (χ1v) is 14.9. The van der Waals surface area contributed by atoms with Crippen LogP contribution < -0.4 is 10.0 Å². The fraction of sp³-hybridized carbons (Fsp3) is 0.138. The fourth-order valence-corrected chi connectivity index (χ4v) is 5.11. The van der Waals surface area contributed by atoms with E-state index in [0.717, 1.165) is 22.7 Å². The molecular weight excluding hydrogens is 559 g/mol. The monoisotopic (exact) mass is 584 g/mol. The number of carbonyl (C=O) groups excluding carboxylic acids is 1. The van der Waals surface area contributed by atoms with Crippen LogP contribution in [0.2, 0.25) is 0 Å². The number of nitrogens with one attached hydrogen (secondary N) is 4. The number of hydrogen-bond donors (Lipinski definition) is 4. The van der Waals surface area contributed by atoms with Crippen LogP contribution in [0.1, 0.15) is 18.9 Å². The van der Waals surface area contributed by atoms with E-state index in [4.69, 9.17) is 4.98 Å². The zero-order chi connectivity index (χ0) is 29.4. The molecule has 0 radical (unpaired) electrons. The quantitative estimate of drug-likeness (QED) is 0.201. The van der Waals surface area contributed by atoms with Crippen molar-refractivity contribution in [1.29, 1.82) is 0 Å². The van der Waals surface area contributed by atoms with Gasteiger partial charge in [0.2, 0.25) is 15.9 Å². The van der Waals surface area contributed by atoms with Crippen LogP contribution in [-0.4, -0.2) is 50.7 Å². The Bertz CT molecular complexity index is 2090. The Labute approximate surface area is 239 Å². The SMILES string of the molecule is CCC(=O)Nc1cncc(-c2ccc3[nH]nc(-c4cc5c(-c6cc(F)cc(CNS(C)(=O)=O)c6)cncc5[nH]4)c3n2)c1. The number of sulfonamides is 1. The Morgan fingerprint density at radius 3 is 2.62 bits per heavy atom. The molecule has 6 rings (SSSR count). The number of amides is 1. The molecule has 0 saturated heterocycles. The summed E-state index contributed by atoms with van der Waals surface area (Å²) in [6.45, 7) is 1.74. The van der Waals surface area contributed by atoms with Gasteiger partial charge in [-0.25, -0.2) is 22.5 Å². The van der Waals surface area contributed by atoms with Crippen molar-refractivity contribution in [3.63, 3.8) is 0 Å². The van der Waals surface area contributed by atoms with Crippen LogP contribution in [0.5, 0.6) is 0 Å². The molecule has 0 atom stereocenters. The second-order valence-electron chi connectivity index (χ2n) is 9.80. The number of H-pyrrole nitrogens is 2. The van der Waals surface area contributed by atoms with Crippen LogP contribution in [0.3, 0.4) is 0 Å². The highest BCUT2D eigenvalue weighted by molar-refractivity contribution is 7.88. The maximum absolute atomic E-state index is 14.6. The van der Waals surface area contributed by atoms with Gasteiger partial charge in [0.25, 0.3) is 0 Å². The number of halogens is 1. The van der Waals surface area contributed by atoms with Crippen molar-refractivity contribution in [2.45, 2.75) is 19.9 Å². The Morgan fingerprint density at radius 1 is 0.976 bits per heavy atom. The van der Waals surface area contributed by atoms with Crippen molar-refractivity contribution in [1.82, 2.24) is 34.9 Å². The van der Waals surface area contributed by atoms with Gasteiger partial charge in [0.05, 0.1) is 46.8 Å². The number of fused-ring (bicyclic) bond motifs is 2. The predicted molar refractivity (Wildman–Crippen MR) is 158 cm³/mol. The number of hydrogen-bond acceptors (Lipinski definition) is 7. The highest BCUT2D eigenvalue weighted by Gasteiger charge is 2.17. The van der Waals surface area contributed by atoms with Crippen LogP contribution in [-0.2, 0) is 21.4 Å². The molecule has 0 spiro atoms. The first-order chi connectivity index (χ1) is 20.2. The standard InChI is InChI=1S/C29H25FN8O3S/c1-3-27(39)34-20-9-18(12-31-13-20)23-4-5-24-28(36-23)29(38-37-24)25-10-21-22(14-32-15-26(21)35-25)17-6-16(7-19(30)8-17)11-33-42(2,40)41/h4-10,12-15,33,35H,3,11H2,1-2H3,(H,34,39)(H,37,38). The van der Waals surface area contributed by atoms with Crippen molar-refractivity contribution in [2.24, 2.45) is 0 Å². The molecule has 11 nitrogen and oxygen atoms in total. The van der Waals surface area contributed by atoms with Crippen molar-refractivity contribution < 1.29 is 17.6 Å². The van der Waals surface area contributed by atoms with Gasteiger partial charge in [-0.2, -0.15) is 5.10 Å². The summed E-state index contributed by atoms with van der Waals surface area (Å²) in [7, 11) is -3.44. The molecule has 0 bridgehead atoms. The zero-order valence-corrected chi connectivity index (χ0v) is 23.4. The minimum Gasteiger partial charge on any atom is -0.352 e. The minimum absolute atomic E-state index is 0.0396. The molecule has 1 aromatic carbocycles. The lowest BCUT2D eigenvalue weighted by Crippen LogP contribution is -2.21. The molecule has 0 saturated carbocycles. The van der Waals surface area contributed by atoms with E-state index in [1.54, 1.807) is 37.8 Å². The molecule has 42 heavy (non-hydrogen) atoms. The van der Waals surface area contributed by atoms with Crippen LogP contribution in [0, 0.1) is 5.82 Å². The van der Waals surface area contributed by atoms with E-state index in [1.807, 2.05) is 24.3 Å². The number of benzene rings is 1. The number of pyridine rings is 3. The summed E-state index contributed by atoms with van der Waals surface area (Å²) in [4.78, 5) is 28.6. The molecule has 5 aromatic heterocycles. The summed E-state index contributed by atoms with van der Waals surface area (Å²) in [5.41, 5.74) is 6.97. The molecule has 0 aliphatic carbocycles. The molecule has 0 aliphatic heterocycles. The fourth-order valence-electron chi connectivity index (χ4n) is 4.68. The summed E-state index contributed by atoms with van der Waals surface area (Å²) < 4.78 is 40.0. The largest absolute Gasteiger partial charge is 0.352 e. The number of rotatable bonds is 8. The van der Waals surface area contributed by atoms with Crippen molar-refractivity contribution in [3.8, 4) is 33.8 Å². The summed E-state index contributed by atoms with van der Waals surface area (Å²) in [5.74, 6) is -0.601. The van der Waals surface area contributed by atoms with Gasteiger partial charge < -0.3 is 10.3 Å². The minimum atomic E-state index is -3.44. The van der Waals surface area contributed by atoms with Crippen molar-refractivity contribution in [2.75, 3.05) is 11.6 Å². The van der Waals surface area contributed by atoms with E-state index >= 15 is 0 Å². The Balaban J connectivity index is 1.39. The molecule has 13 heteroatoms. The van der Waals surface area contributed by atoms with Crippen LogP contribution >= 0.6 is 0 Å². The summed E-state index contributed by atoms with van der Waals surface area (Å²) in [5, 5.41) is 11.1. The molecule has 0 aliphatic rings. The van der Waals surface area contributed by atoms with Gasteiger partial charge in [-0.3, -0.25) is 19.9 Å². The van der Waals surface area contributed by atoms with E-state index in [-0.39, 0.29) is 12.5 Å². The molecule has 0 unspecified atom stereocenters. The van der Waals surface area contributed by atoms with E-state index in [2.05, 4.69) is 35.2 Å². The second-order valence-corrected chi connectivity index (χ2v) is 11.6. The van der Waals surface area contributed by atoms with Gasteiger partial charge in [-0.15, -0.1) is 0 Å². The summed E-state index contributed by atoms with van der Waals surface area (Å²) in [6.07, 6.45) is 7.97. The molecule has 6 aromatic rings. The number of anilines is 1. The van der Waals surface area contributed by atoms with Crippen molar-refractivity contribution in [3.05, 3.63) is 78.6 Å². The third kappa shape index (κ3) is 5.60. The normalized spacial score (nSPS) is 11.8. The zero-order valence-electron chi connectivity index (χ0n) is 22.6. The number of aromatic amines is 2. The second kappa shape index (κ2) is 10.8. The Hall–Kier alpha value is -5.01. The van der Waals surface area contributed by atoms with Gasteiger partial charge in [0.1, 0.15) is 17.0 Å². The third-order valence-corrected chi connectivity index (χ3v) is 7.32. The maximum atomic E-state index is 14.6. The lowest BCUT2D eigenvalue weighted by atomic mass is 10.0. The van der Waals surface area contributed by atoms with Crippen LogP contribution in [0.25, 0.3) is 55.7 Å². The number of nitrogens with zero attached hydrogens (tertiary/aromatic N) is 4. The van der Waals surface area contributed by atoms with E-state index in [1.165, 1.54) is 12.1 Å². The van der Waals surface area contributed by atoms with Gasteiger partial charge in [0.15, 0.2) is 0 Å². The maximum Gasteiger partial charge on any atom is 0.224 e. The highest BCUT2D eigenvalue weighted by Crippen LogP contribution is 2.34. The molecule has 0 fully saturated rings. The average molecular weight is 585 g/mol. The van der Waals surface area contributed by atoms with E-state index in [9.17, 15) is 17.6 Å². The van der Waals surface area contributed by atoms with Gasteiger partial charge in [-0.1, -0.05) is 6.92 Å². The highest BCUT2D eigenvalue weighted by atomic mass is 32.2. The van der Waals surface area contributed by atoms with Gasteiger partial charge in [0, 0.05) is 41.9 Å². The molecule has 1 amide bonds. The van der Waals surface area contributed by atoms with Gasteiger partial charge >= 0.3 is 0 Å². The van der Waals surface area contributed by atoms with E-state index < -0.39 is 15.8 Å². The third-order valence-electron chi connectivity index (χ3n) is 6.65. The van der Waals surface area contributed by atoms with E-state index in [0.29, 0.717) is 56.9 Å². The van der Waals surface area contributed by atoms with Crippen molar-refractivity contribution >= 4 is 43.6 Å². The van der Waals surface area contributed by atoms with Gasteiger partial charge in [-0.05, 0) is 53.6 Å². The summed E-state index contributed by atoms with van der Waals surface area (Å²) >= 11 is 0. The molecule has 4 N–H and O–H groups in total. The molecular formula is C29H25FN8O3S. The molecule has 212 valence electrons. The smallest absolute Gasteiger partial charge is 0.224 e. The topological polar surface area (TPSA) is 158 Å². The lowest BCUT2D eigenvalue weighted by molar-refractivity contribution is -0.115. The Kier molecular flexibility index (Phi) is 6.96. The van der Waals surface area contributed by atoms with Crippen LogP contribution in [0.15, 0.2) is 67.3 Å². The lowest BCUT2D eigenvalue weighted by Gasteiger charge is -2.08. The Morgan fingerprint density at radius 2 is 1.81 bits per heavy atom. The first-order valence-electron chi connectivity index (χ1n) is 13.0. The van der Waals surface area contributed by atoms with Crippen LogP contribution in [0.4, 0.5) is 10.1 Å². The predicted octanol–water partition coefficient (Wildman–Crippen LogP) is 4.77. The first kappa shape index (κ1) is 27.2. The number of aromatic nitrogens is 6. The number of carbonyl (C=O) groups is 1.